The highest BCUT2D eigenvalue weighted by Crippen LogP contribution is 2.06. The van der Waals surface area contributed by atoms with Crippen LogP contribution in [0.2, 0.25) is 0 Å². The molecule has 0 unspecified atom stereocenters. The third kappa shape index (κ3) is 9.38. The van der Waals surface area contributed by atoms with Gasteiger partial charge in [-0.15, -0.1) is 0 Å². The number of carbonyl (C=O) groups excluding carboxylic acids is 1. The summed E-state index contributed by atoms with van der Waals surface area (Å²) in [7, 11) is 0. The van der Waals surface area contributed by atoms with Crippen molar-refractivity contribution in [1.29, 1.82) is 0 Å². The molecule has 0 aliphatic rings. The maximum absolute atomic E-state index is 11.5. The first kappa shape index (κ1) is 18.8. The first-order valence-corrected chi connectivity index (χ1v) is 7.79. The van der Waals surface area contributed by atoms with Crippen LogP contribution >= 0.6 is 0 Å². The summed E-state index contributed by atoms with van der Waals surface area (Å²) in [4.78, 5) is 15.9. The number of guanidine groups is 1. The summed E-state index contributed by atoms with van der Waals surface area (Å²) in [5.74, 6) is 0.702. The Labute approximate surface area is 137 Å². The van der Waals surface area contributed by atoms with E-state index in [9.17, 15) is 4.79 Å². The summed E-state index contributed by atoms with van der Waals surface area (Å²) in [5.41, 5.74) is 0.294. The number of hydrogen-bond donors (Lipinski definition) is 3. The van der Waals surface area contributed by atoms with Crippen molar-refractivity contribution >= 4 is 12.1 Å². The number of ether oxygens (including phenoxy) is 1. The summed E-state index contributed by atoms with van der Waals surface area (Å²) in [6, 6.07) is 1.78. The van der Waals surface area contributed by atoms with Crippen LogP contribution in [0.15, 0.2) is 21.8 Å². The highest BCUT2D eigenvalue weighted by Gasteiger charge is 2.15. The number of hydrogen-bond acceptors (Lipinski definition) is 5. The molecule has 1 aromatic heterocycles. The Bertz CT molecular complexity index is 480. The van der Waals surface area contributed by atoms with E-state index in [-0.39, 0.29) is 0 Å². The van der Waals surface area contributed by atoms with Gasteiger partial charge < -0.3 is 25.2 Å². The van der Waals surface area contributed by atoms with Gasteiger partial charge in [-0.05, 0) is 34.1 Å². The SMILES string of the molecule is CCNC(=NCc1ccon1)NCCCNC(=O)OC(C)(C)C. The van der Waals surface area contributed by atoms with Crippen molar-refractivity contribution in [2.75, 3.05) is 19.6 Å². The molecule has 23 heavy (non-hydrogen) atoms. The standard InChI is InChI=1S/C15H27N5O3/c1-5-16-13(19-11-12-7-10-22-20-12)17-8-6-9-18-14(21)23-15(2,3)4/h7,10H,5-6,8-9,11H2,1-4H3,(H,18,21)(H2,16,17,19). The van der Waals surface area contributed by atoms with Crippen LogP contribution < -0.4 is 16.0 Å². The average molecular weight is 325 g/mol. The minimum Gasteiger partial charge on any atom is -0.444 e. The van der Waals surface area contributed by atoms with Crippen molar-refractivity contribution in [3.63, 3.8) is 0 Å². The summed E-state index contributed by atoms with van der Waals surface area (Å²) in [6.07, 6.45) is 1.88. The van der Waals surface area contributed by atoms with Gasteiger partial charge in [-0.25, -0.2) is 9.79 Å². The van der Waals surface area contributed by atoms with E-state index in [1.165, 1.54) is 6.26 Å². The van der Waals surface area contributed by atoms with Gasteiger partial charge in [-0.3, -0.25) is 0 Å². The van der Waals surface area contributed by atoms with Gasteiger partial charge in [0, 0.05) is 25.7 Å². The van der Waals surface area contributed by atoms with Gasteiger partial charge in [0.15, 0.2) is 5.96 Å². The lowest BCUT2D eigenvalue weighted by atomic mass is 10.2. The van der Waals surface area contributed by atoms with E-state index in [1.807, 2.05) is 27.7 Å². The zero-order chi connectivity index (χ0) is 17.1. The van der Waals surface area contributed by atoms with Crippen LogP contribution in [0.25, 0.3) is 0 Å². The Morgan fingerprint density at radius 1 is 1.30 bits per heavy atom. The molecule has 0 fully saturated rings. The van der Waals surface area contributed by atoms with Crippen molar-refractivity contribution < 1.29 is 14.1 Å². The minimum atomic E-state index is -0.478. The molecule has 0 spiro atoms. The van der Waals surface area contributed by atoms with Crippen molar-refractivity contribution in [3.05, 3.63) is 18.0 Å². The van der Waals surface area contributed by atoms with Gasteiger partial charge in [0.25, 0.3) is 0 Å². The first-order chi connectivity index (χ1) is 10.9. The average Bonchev–Trinajstić information content (AvgIpc) is 2.95. The van der Waals surface area contributed by atoms with Crippen LogP contribution in [0.1, 0.15) is 39.8 Å². The molecule has 8 nitrogen and oxygen atoms in total. The third-order valence-electron chi connectivity index (χ3n) is 2.55. The fraction of sp³-hybridized carbons (Fsp3) is 0.667. The molecule has 1 amide bonds. The highest BCUT2D eigenvalue weighted by molar-refractivity contribution is 5.79. The van der Waals surface area contributed by atoms with Crippen molar-refractivity contribution in [3.8, 4) is 0 Å². The van der Waals surface area contributed by atoms with Gasteiger partial charge in [0.05, 0.1) is 6.54 Å². The molecule has 0 atom stereocenters. The maximum Gasteiger partial charge on any atom is 0.407 e. The largest absolute Gasteiger partial charge is 0.444 e. The Morgan fingerprint density at radius 3 is 2.65 bits per heavy atom. The molecule has 3 N–H and O–H groups in total. The number of nitrogens with one attached hydrogen (secondary N) is 3. The smallest absolute Gasteiger partial charge is 0.407 e. The lowest BCUT2D eigenvalue weighted by Crippen LogP contribution is -2.39. The first-order valence-electron chi connectivity index (χ1n) is 7.79. The molecular formula is C15H27N5O3. The maximum atomic E-state index is 11.5. The number of amides is 1. The normalized spacial score (nSPS) is 11.9. The lowest BCUT2D eigenvalue weighted by Gasteiger charge is -2.19. The van der Waals surface area contributed by atoms with Crippen LogP contribution in [0.5, 0.6) is 0 Å². The van der Waals surface area contributed by atoms with E-state index in [2.05, 4.69) is 26.1 Å². The molecule has 0 radical (unpaired) electrons. The Balaban J connectivity index is 2.22. The summed E-state index contributed by atoms with van der Waals surface area (Å²) in [5, 5.41) is 12.9. The molecule has 0 aliphatic carbocycles. The minimum absolute atomic E-state index is 0.399. The second kappa shape index (κ2) is 9.70. The van der Waals surface area contributed by atoms with E-state index in [0.29, 0.717) is 25.6 Å². The molecule has 0 bridgehead atoms. The molecule has 0 saturated carbocycles. The van der Waals surface area contributed by atoms with Crippen LogP contribution in [0.4, 0.5) is 4.79 Å². The van der Waals surface area contributed by atoms with Gasteiger partial charge in [-0.1, -0.05) is 5.16 Å². The van der Waals surface area contributed by atoms with Gasteiger partial charge in [-0.2, -0.15) is 0 Å². The van der Waals surface area contributed by atoms with Gasteiger partial charge in [0.2, 0.25) is 0 Å². The van der Waals surface area contributed by atoms with Crippen LogP contribution in [0, 0.1) is 0 Å². The number of aliphatic imine (C=N–C) groups is 1. The lowest BCUT2D eigenvalue weighted by molar-refractivity contribution is 0.0527. The molecule has 130 valence electrons. The summed E-state index contributed by atoms with van der Waals surface area (Å²) >= 11 is 0. The van der Waals surface area contributed by atoms with Crippen molar-refractivity contribution in [2.45, 2.75) is 46.3 Å². The monoisotopic (exact) mass is 325 g/mol. The van der Waals surface area contributed by atoms with Crippen molar-refractivity contribution in [1.82, 2.24) is 21.1 Å². The molecule has 8 heteroatoms. The van der Waals surface area contributed by atoms with Crippen LogP contribution in [-0.2, 0) is 11.3 Å². The number of carbonyl (C=O) groups is 1. The summed E-state index contributed by atoms with van der Waals surface area (Å²) < 4.78 is 9.93. The molecule has 0 saturated heterocycles. The predicted molar refractivity (Wildman–Crippen MR) is 88.2 cm³/mol. The van der Waals surface area contributed by atoms with E-state index in [1.54, 1.807) is 6.07 Å². The molecule has 1 aromatic rings. The topological polar surface area (TPSA) is 101 Å². The molecule has 1 rings (SSSR count). The zero-order valence-corrected chi connectivity index (χ0v) is 14.3. The van der Waals surface area contributed by atoms with E-state index < -0.39 is 11.7 Å². The Morgan fingerprint density at radius 2 is 2.04 bits per heavy atom. The van der Waals surface area contributed by atoms with E-state index >= 15 is 0 Å². The Hall–Kier alpha value is -2.25. The number of aromatic nitrogens is 1. The van der Waals surface area contributed by atoms with E-state index in [0.717, 1.165) is 18.7 Å². The van der Waals surface area contributed by atoms with Crippen LogP contribution in [-0.4, -0.2) is 42.4 Å². The second-order valence-electron chi connectivity index (χ2n) is 5.89. The highest BCUT2D eigenvalue weighted by atomic mass is 16.6. The number of rotatable bonds is 7. The summed E-state index contributed by atoms with van der Waals surface area (Å²) in [6.45, 7) is 9.93. The fourth-order valence-electron chi connectivity index (χ4n) is 1.62. The van der Waals surface area contributed by atoms with Crippen LogP contribution in [0.3, 0.4) is 0 Å². The van der Waals surface area contributed by atoms with E-state index in [4.69, 9.17) is 9.26 Å². The number of nitrogens with zero attached hydrogens (tertiary/aromatic N) is 2. The fourth-order valence-corrected chi connectivity index (χ4v) is 1.62. The van der Waals surface area contributed by atoms with Gasteiger partial charge in [0.1, 0.15) is 17.6 Å². The molecule has 0 aliphatic heterocycles. The Kier molecular flexibility index (Phi) is 7.93. The zero-order valence-electron chi connectivity index (χ0n) is 14.3. The molecule has 0 aromatic carbocycles. The quantitative estimate of drug-likeness (QED) is 0.400. The second-order valence-corrected chi connectivity index (χ2v) is 5.89. The third-order valence-corrected chi connectivity index (χ3v) is 2.55. The molecule has 1 heterocycles. The molecular weight excluding hydrogens is 298 g/mol. The number of alkyl carbamates (subject to hydrolysis) is 1. The van der Waals surface area contributed by atoms with Crippen molar-refractivity contribution in [2.24, 2.45) is 4.99 Å². The predicted octanol–water partition coefficient (Wildman–Crippen LogP) is 1.64. The van der Waals surface area contributed by atoms with Gasteiger partial charge >= 0.3 is 6.09 Å².